The Morgan fingerprint density at radius 1 is 1.33 bits per heavy atom. The number of aromatic nitrogens is 1. The van der Waals surface area contributed by atoms with Gasteiger partial charge in [-0.1, -0.05) is 35.5 Å². The fourth-order valence-electron chi connectivity index (χ4n) is 1.25. The molecule has 1 N–H and O–H groups in total. The highest BCUT2D eigenvalue weighted by atomic mass is 32.2. The van der Waals surface area contributed by atoms with Crippen LogP contribution in [-0.2, 0) is 16.8 Å². The first-order chi connectivity index (χ1) is 7.25. The van der Waals surface area contributed by atoms with Gasteiger partial charge in [-0.2, -0.15) is 0 Å². The SMILES string of the molecule is O=S(O)Cc1cc(-c2ccccc2)no1. The van der Waals surface area contributed by atoms with Crippen LogP contribution in [0.3, 0.4) is 0 Å². The van der Waals surface area contributed by atoms with Gasteiger partial charge >= 0.3 is 0 Å². The zero-order valence-electron chi connectivity index (χ0n) is 7.79. The fourth-order valence-corrected chi connectivity index (χ4v) is 1.63. The Kier molecular flexibility index (Phi) is 2.94. The number of hydrogen-bond acceptors (Lipinski definition) is 3. The fraction of sp³-hybridized carbons (Fsp3) is 0.100. The molecule has 0 aliphatic rings. The molecule has 78 valence electrons. The van der Waals surface area contributed by atoms with Crippen molar-refractivity contribution in [1.29, 1.82) is 0 Å². The smallest absolute Gasteiger partial charge is 0.160 e. The summed E-state index contributed by atoms with van der Waals surface area (Å²) >= 11 is -1.89. The quantitative estimate of drug-likeness (QED) is 0.809. The zero-order chi connectivity index (χ0) is 10.7. The van der Waals surface area contributed by atoms with Gasteiger partial charge in [-0.25, -0.2) is 4.21 Å². The minimum atomic E-state index is -1.89. The van der Waals surface area contributed by atoms with Crippen molar-refractivity contribution in [2.45, 2.75) is 5.75 Å². The lowest BCUT2D eigenvalue weighted by atomic mass is 10.1. The first-order valence-electron chi connectivity index (χ1n) is 4.34. The summed E-state index contributed by atoms with van der Waals surface area (Å²) < 4.78 is 24.1. The molecule has 4 nitrogen and oxygen atoms in total. The van der Waals surface area contributed by atoms with Crippen LogP contribution in [0.2, 0.25) is 0 Å². The maximum Gasteiger partial charge on any atom is 0.160 e. The molecule has 1 atom stereocenters. The van der Waals surface area contributed by atoms with Gasteiger partial charge in [0.1, 0.15) is 11.4 Å². The van der Waals surface area contributed by atoms with Gasteiger partial charge in [0, 0.05) is 11.6 Å². The van der Waals surface area contributed by atoms with Gasteiger partial charge in [0.15, 0.2) is 16.8 Å². The normalized spacial score (nSPS) is 12.6. The molecule has 1 unspecified atom stereocenters. The Morgan fingerprint density at radius 3 is 2.73 bits per heavy atom. The van der Waals surface area contributed by atoms with Crippen LogP contribution < -0.4 is 0 Å². The van der Waals surface area contributed by atoms with Crippen LogP contribution in [0, 0.1) is 0 Å². The van der Waals surface area contributed by atoms with Crippen LogP contribution >= 0.6 is 0 Å². The highest BCUT2D eigenvalue weighted by Crippen LogP contribution is 2.18. The topological polar surface area (TPSA) is 63.3 Å². The summed E-state index contributed by atoms with van der Waals surface area (Å²) in [4.78, 5) is 0. The molecule has 0 spiro atoms. The second kappa shape index (κ2) is 4.37. The molecule has 2 aromatic rings. The van der Waals surface area contributed by atoms with Gasteiger partial charge in [0.25, 0.3) is 0 Å². The van der Waals surface area contributed by atoms with Crippen molar-refractivity contribution in [3.8, 4) is 11.3 Å². The predicted octanol–water partition coefficient (Wildman–Crippen LogP) is 2.06. The van der Waals surface area contributed by atoms with E-state index < -0.39 is 11.1 Å². The Labute approximate surface area is 89.2 Å². The second-order valence-electron chi connectivity index (χ2n) is 3.01. The third-order valence-corrected chi connectivity index (χ3v) is 2.43. The van der Waals surface area contributed by atoms with Crippen molar-refractivity contribution in [1.82, 2.24) is 5.16 Å². The molecule has 0 bridgehead atoms. The molecular formula is C10H9NO3S. The lowest BCUT2D eigenvalue weighted by Crippen LogP contribution is -1.89. The number of nitrogens with zero attached hydrogens (tertiary/aromatic N) is 1. The third-order valence-electron chi connectivity index (χ3n) is 1.89. The number of hydrogen-bond donors (Lipinski definition) is 1. The largest absolute Gasteiger partial charge is 0.360 e. The molecule has 0 saturated carbocycles. The summed E-state index contributed by atoms with van der Waals surface area (Å²) in [5.74, 6) is 0.384. The summed E-state index contributed by atoms with van der Waals surface area (Å²) in [5, 5.41) is 3.82. The molecule has 0 fully saturated rings. The van der Waals surface area contributed by atoms with Gasteiger partial charge in [0.2, 0.25) is 0 Å². The zero-order valence-corrected chi connectivity index (χ0v) is 8.61. The molecule has 1 heterocycles. The summed E-state index contributed by atoms with van der Waals surface area (Å²) in [5.41, 5.74) is 1.60. The van der Waals surface area contributed by atoms with E-state index in [1.165, 1.54) is 0 Å². The van der Waals surface area contributed by atoms with E-state index in [1.807, 2.05) is 30.3 Å². The van der Waals surface area contributed by atoms with Gasteiger partial charge in [-0.05, 0) is 0 Å². The molecule has 15 heavy (non-hydrogen) atoms. The molecule has 0 saturated heterocycles. The van der Waals surface area contributed by atoms with Gasteiger partial charge in [0.05, 0.1) is 0 Å². The third kappa shape index (κ3) is 2.51. The summed E-state index contributed by atoms with van der Waals surface area (Å²) in [6.45, 7) is 0. The van der Waals surface area contributed by atoms with E-state index in [4.69, 9.17) is 9.08 Å². The molecule has 5 heteroatoms. The van der Waals surface area contributed by atoms with E-state index >= 15 is 0 Å². The van der Waals surface area contributed by atoms with Crippen LogP contribution in [-0.4, -0.2) is 13.9 Å². The van der Waals surface area contributed by atoms with E-state index in [2.05, 4.69) is 5.16 Å². The van der Waals surface area contributed by atoms with Crippen LogP contribution in [0.1, 0.15) is 5.76 Å². The number of benzene rings is 1. The Balaban J connectivity index is 2.24. The predicted molar refractivity (Wildman–Crippen MR) is 56.4 cm³/mol. The molecular weight excluding hydrogens is 214 g/mol. The van der Waals surface area contributed by atoms with Gasteiger partial charge < -0.3 is 9.08 Å². The van der Waals surface area contributed by atoms with E-state index in [-0.39, 0.29) is 5.75 Å². The van der Waals surface area contributed by atoms with Crippen LogP contribution in [0.25, 0.3) is 11.3 Å². The van der Waals surface area contributed by atoms with Crippen LogP contribution in [0.5, 0.6) is 0 Å². The lowest BCUT2D eigenvalue weighted by molar-refractivity contribution is 0.394. The first kappa shape index (κ1) is 10.1. The average Bonchev–Trinajstić information content (AvgIpc) is 2.67. The Morgan fingerprint density at radius 2 is 2.07 bits per heavy atom. The molecule has 0 aliphatic heterocycles. The van der Waals surface area contributed by atoms with Gasteiger partial charge in [-0.15, -0.1) is 0 Å². The molecule has 0 aliphatic carbocycles. The van der Waals surface area contributed by atoms with E-state index in [9.17, 15) is 4.21 Å². The molecule has 2 rings (SSSR count). The van der Waals surface area contributed by atoms with Crippen molar-refractivity contribution < 1.29 is 13.3 Å². The van der Waals surface area contributed by atoms with Crippen molar-refractivity contribution in [2.75, 3.05) is 0 Å². The summed E-state index contributed by atoms with van der Waals surface area (Å²) in [7, 11) is 0. The second-order valence-corrected chi connectivity index (χ2v) is 3.94. The minimum absolute atomic E-state index is 0.0279. The monoisotopic (exact) mass is 223 g/mol. The summed E-state index contributed by atoms with van der Waals surface area (Å²) in [6, 6.07) is 11.2. The van der Waals surface area contributed by atoms with Crippen LogP contribution in [0.15, 0.2) is 40.9 Å². The average molecular weight is 223 g/mol. The van der Waals surface area contributed by atoms with Crippen molar-refractivity contribution in [3.05, 3.63) is 42.2 Å². The Bertz CT molecular complexity index is 467. The lowest BCUT2D eigenvalue weighted by Gasteiger charge is -1.91. The standard InChI is InChI=1S/C10H9NO3S/c12-15(13)7-9-6-10(11-14-9)8-4-2-1-3-5-8/h1-6H,7H2,(H,12,13). The van der Waals surface area contributed by atoms with E-state index in [1.54, 1.807) is 6.07 Å². The first-order valence-corrected chi connectivity index (χ1v) is 5.62. The minimum Gasteiger partial charge on any atom is -0.360 e. The van der Waals surface area contributed by atoms with Gasteiger partial charge in [-0.3, -0.25) is 0 Å². The summed E-state index contributed by atoms with van der Waals surface area (Å²) in [6.07, 6.45) is 0. The maximum atomic E-state index is 10.5. The number of rotatable bonds is 3. The van der Waals surface area contributed by atoms with Crippen LogP contribution in [0.4, 0.5) is 0 Å². The highest BCUT2D eigenvalue weighted by molar-refractivity contribution is 7.78. The molecule has 0 radical (unpaired) electrons. The Hall–Kier alpha value is -1.46. The molecule has 0 amide bonds. The molecule has 1 aromatic carbocycles. The van der Waals surface area contributed by atoms with Crippen molar-refractivity contribution in [2.24, 2.45) is 0 Å². The maximum absolute atomic E-state index is 10.5. The van der Waals surface area contributed by atoms with E-state index in [0.717, 1.165) is 5.56 Å². The van der Waals surface area contributed by atoms with Crippen molar-refractivity contribution >= 4 is 11.1 Å². The van der Waals surface area contributed by atoms with E-state index in [0.29, 0.717) is 11.5 Å². The van der Waals surface area contributed by atoms with Crippen molar-refractivity contribution in [3.63, 3.8) is 0 Å². The highest BCUT2D eigenvalue weighted by Gasteiger charge is 2.07. The molecule has 1 aromatic heterocycles.